The van der Waals surface area contributed by atoms with Gasteiger partial charge in [0.2, 0.25) is 5.91 Å². The summed E-state index contributed by atoms with van der Waals surface area (Å²) in [7, 11) is 0. The van der Waals surface area contributed by atoms with Crippen LogP contribution in [-0.2, 0) is 14.4 Å². The van der Waals surface area contributed by atoms with E-state index in [0.717, 1.165) is 4.90 Å². The van der Waals surface area contributed by atoms with Crippen molar-refractivity contribution in [1.82, 2.24) is 10.2 Å². The molecule has 1 fully saturated rings. The highest BCUT2D eigenvalue weighted by atomic mass is 19.4. The van der Waals surface area contributed by atoms with Crippen LogP contribution in [0.3, 0.4) is 0 Å². The number of carbonyl (C=O) groups excluding carboxylic acids is 2. The van der Waals surface area contributed by atoms with Crippen LogP contribution in [0.15, 0.2) is 0 Å². The van der Waals surface area contributed by atoms with E-state index in [1.807, 2.05) is 0 Å². The molecular weight excluding hydrogens is 317 g/mol. The summed E-state index contributed by atoms with van der Waals surface area (Å²) >= 11 is 0. The molecule has 2 atom stereocenters. The largest absolute Gasteiger partial charge is 0.480 e. The van der Waals surface area contributed by atoms with E-state index in [-0.39, 0.29) is 6.54 Å². The zero-order valence-electron chi connectivity index (χ0n) is 13.6. The van der Waals surface area contributed by atoms with E-state index in [4.69, 9.17) is 0 Å². The van der Waals surface area contributed by atoms with E-state index < -0.39 is 46.9 Å². The van der Waals surface area contributed by atoms with Crippen molar-refractivity contribution in [3.63, 3.8) is 0 Å². The molecule has 0 radical (unpaired) electrons. The first kappa shape index (κ1) is 19.2. The topological polar surface area (TPSA) is 86.7 Å². The number of likely N-dealkylation sites (tertiary alicyclic amines) is 1. The third-order valence-electron chi connectivity index (χ3n) is 3.79. The Kier molecular flexibility index (Phi) is 4.76. The molecule has 0 aromatic rings. The Morgan fingerprint density at radius 1 is 1.22 bits per heavy atom. The first-order chi connectivity index (χ1) is 10.1. The van der Waals surface area contributed by atoms with Gasteiger partial charge in [-0.1, -0.05) is 34.6 Å². The molecule has 6 nitrogen and oxygen atoms in total. The highest BCUT2D eigenvalue weighted by Gasteiger charge is 2.55. The second-order valence-corrected chi connectivity index (χ2v) is 7.47. The van der Waals surface area contributed by atoms with Crippen LogP contribution in [0, 0.1) is 10.8 Å². The van der Waals surface area contributed by atoms with Crippen LogP contribution < -0.4 is 5.32 Å². The van der Waals surface area contributed by atoms with Gasteiger partial charge in [-0.2, -0.15) is 13.2 Å². The smallest absolute Gasteiger partial charge is 0.471 e. The first-order valence-corrected chi connectivity index (χ1v) is 7.00. The van der Waals surface area contributed by atoms with Gasteiger partial charge in [0.15, 0.2) is 0 Å². The Hall–Kier alpha value is -1.80. The zero-order valence-corrected chi connectivity index (χ0v) is 13.6. The number of nitrogens with one attached hydrogen (secondary N) is 1. The molecule has 1 rings (SSSR count). The van der Waals surface area contributed by atoms with Crippen molar-refractivity contribution in [2.24, 2.45) is 10.8 Å². The number of carboxylic acid groups (broad SMARTS) is 1. The lowest BCUT2D eigenvalue weighted by Gasteiger charge is -2.53. The number of hydrogen-bond donors (Lipinski definition) is 2. The Morgan fingerprint density at radius 2 is 1.70 bits per heavy atom. The lowest BCUT2D eigenvalue weighted by molar-refractivity contribution is -0.180. The molecule has 0 aromatic carbocycles. The van der Waals surface area contributed by atoms with E-state index in [9.17, 15) is 32.7 Å². The van der Waals surface area contributed by atoms with Gasteiger partial charge in [-0.25, -0.2) is 4.79 Å². The number of halogens is 3. The van der Waals surface area contributed by atoms with E-state index in [1.165, 1.54) is 20.8 Å². The van der Waals surface area contributed by atoms with Crippen LogP contribution in [0.25, 0.3) is 0 Å². The summed E-state index contributed by atoms with van der Waals surface area (Å²) in [6.45, 7) is 7.87. The maximum absolute atomic E-state index is 12.5. The number of alkyl halides is 3. The maximum Gasteiger partial charge on any atom is 0.471 e. The quantitative estimate of drug-likeness (QED) is 0.814. The summed E-state index contributed by atoms with van der Waals surface area (Å²) < 4.78 is 37.4. The van der Waals surface area contributed by atoms with Gasteiger partial charge in [0.25, 0.3) is 0 Å². The Bertz CT molecular complexity index is 523. The zero-order chi connectivity index (χ0) is 18.4. The number of hydrogen-bond acceptors (Lipinski definition) is 3. The van der Waals surface area contributed by atoms with Crippen LogP contribution >= 0.6 is 0 Å². The molecule has 1 unspecified atom stereocenters. The van der Waals surface area contributed by atoms with Crippen LogP contribution in [0.4, 0.5) is 13.2 Å². The van der Waals surface area contributed by atoms with Crippen molar-refractivity contribution in [2.45, 2.75) is 52.9 Å². The van der Waals surface area contributed by atoms with Gasteiger partial charge in [0.05, 0.1) is 0 Å². The molecule has 132 valence electrons. The molecule has 1 aliphatic rings. The highest BCUT2D eigenvalue weighted by Crippen LogP contribution is 2.39. The van der Waals surface area contributed by atoms with E-state index in [2.05, 4.69) is 0 Å². The van der Waals surface area contributed by atoms with Crippen LogP contribution in [-0.4, -0.2) is 52.6 Å². The van der Waals surface area contributed by atoms with Crippen LogP contribution in [0.5, 0.6) is 0 Å². The molecule has 1 aliphatic heterocycles. The van der Waals surface area contributed by atoms with Gasteiger partial charge < -0.3 is 15.3 Å². The third kappa shape index (κ3) is 3.94. The van der Waals surface area contributed by atoms with Crippen LogP contribution in [0.2, 0.25) is 0 Å². The van der Waals surface area contributed by atoms with Gasteiger partial charge >= 0.3 is 18.1 Å². The molecule has 0 aromatic heterocycles. The van der Waals surface area contributed by atoms with E-state index >= 15 is 0 Å². The fourth-order valence-electron chi connectivity index (χ4n) is 2.63. The Balaban J connectivity index is 3.04. The number of nitrogens with zero attached hydrogens (tertiary/aromatic N) is 1. The average molecular weight is 338 g/mol. The number of carboxylic acids is 1. The predicted octanol–water partition coefficient (Wildman–Crippen LogP) is 1.40. The summed E-state index contributed by atoms with van der Waals surface area (Å²) in [5.74, 6) is -4.29. The fourth-order valence-corrected chi connectivity index (χ4v) is 2.63. The van der Waals surface area contributed by atoms with Crippen molar-refractivity contribution in [1.29, 1.82) is 0 Å². The monoisotopic (exact) mass is 338 g/mol. The number of carbonyl (C=O) groups is 3. The molecule has 0 saturated carbocycles. The molecular formula is C14H21F3N2O4. The van der Waals surface area contributed by atoms with Gasteiger partial charge in [-0.3, -0.25) is 9.59 Å². The Morgan fingerprint density at radius 3 is 2.00 bits per heavy atom. The molecule has 1 saturated heterocycles. The second-order valence-electron chi connectivity index (χ2n) is 7.47. The minimum absolute atomic E-state index is 0.0945. The summed E-state index contributed by atoms with van der Waals surface area (Å²) in [5, 5.41) is 10.9. The molecule has 0 spiro atoms. The molecule has 2 amide bonds. The summed E-state index contributed by atoms with van der Waals surface area (Å²) in [5.41, 5.74) is -1.70. The fraction of sp³-hybridized carbons (Fsp3) is 0.786. The van der Waals surface area contributed by atoms with Crippen molar-refractivity contribution < 1.29 is 32.7 Å². The Labute approximate surface area is 132 Å². The molecule has 0 aliphatic carbocycles. The van der Waals surface area contributed by atoms with Gasteiger partial charge in [0.1, 0.15) is 12.1 Å². The third-order valence-corrected chi connectivity index (χ3v) is 3.79. The number of rotatable bonds is 3. The van der Waals surface area contributed by atoms with Gasteiger partial charge in [0, 0.05) is 12.0 Å². The van der Waals surface area contributed by atoms with E-state index in [0.29, 0.717) is 0 Å². The van der Waals surface area contributed by atoms with Gasteiger partial charge in [-0.05, 0) is 5.41 Å². The SMILES string of the molecule is CC(C)(C)C(NC(=O)C(F)(F)F)C(=O)N1CC(C)(C)[C@H]1C(=O)O. The van der Waals surface area contributed by atoms with Crippen molar-refractivity contribution in [3.8, 4) is 0 Å². The normalized spacial score (nSPS) is 22.1. The molecule has 9 heteroatoms. The summed E-state index contributed by atoms with van der Waals surface area (Å²) in [6, 6.07) is -2.61. The summed E-state index contributed by atoms with van der Waals surface area (Å²) in [4.78, 5) is 36.0. The molecule has 2 N–H and O–H groups in total. The standard InChI is InChI=1S/C14H21F3N2O4/c1-12(2,3)7(18-11(23)14(15,16)17)9(20)19-6-13(4,5)8(19)10(21)22/h7-8H,6H2,1-5H3,(H,18,23)(H,21,22)/t7?,8-/m1/s1. The molecule has 1 heterocycles. The van der Waals surface area contributed by atoms with Crippen molar-refractivity contribution in [2.75, 3.05) is 6.54 Å². The maximum atomic E-state index is 12.5. The van der Waals surface area contributed by atoms with Crippen LogP contribution in [0.1, 0.15) is 34.6 Å². The van der Waals surface area contributed by atoms with Crippen molar-refractivity contribution >= 4 is 17.8 Å². The first-order valence-electron chi connectivity index (χ1n) is 7.00. The minimum Gasteiger partial charge on any atom is -0.480 e. The lowest BCUT2D eigenvalue weighted by Crippen LogP contribution is -2.71. The predicted molar refractivity (Wildman–Crippen MR) is 74.4 cm³/mol. The highest BCUT2D eigenvalue weighted by molar-refractivity contribution is 5.93. The molecule has 0 bridgehead atoms. The van der Waals surface area contributed by atoms with Crippen molar-refractivity contribution in [3.05, 3.63) is 0 Å². The summed E-state index contributed by atoms with van der Waals surface area (Å²) in [6.07, 6.45) is -5.12. The second kappa shape index (κ2) is 5.68. The molecule has 23 heavy (non-hydrogen) atoms. The lowest BCUT2D eigenvalue weighted by atomic mass is 9.73. The number of aliphatic carboxylic acids is 1. The van der Waals surface area contributed by atoms with Gasteiger partial charge in [-0.15, -0.1) is 0 Å². The van der Waals surface area contributed by atoms with E-state index in [1.54, 1.807) is 19.2 Å². The average Bonchev–Trinajstić information content (AvgIpc) is 2.28. The minimum atomic E-state index is -5.12. The number of amides is 2.